The van der Waals surface area contributed by atoms with Crippen molar-refractivity contribution in [2.45, 2.75) is 17.9 Å². The monoisotopic (exact) mass is 320 g/mol. The summed E-state index contributed by atoms with van der Waals surface area (Å²) in [4.78, 5) is -0.0357. The van der Waals surface area contributed by atoms with Crippen LogP contribution >= 0.6 is 11.6 Å². The lowest BCUT2D eigenvalue weighted by atomic mass is 10.1. The molecule has 0 aliphatic heterocycles. The van der Waals surface area contributed by atoms with E-state index in [-0.39, 0.29) is 10.5 Å². The smallest absolute Gasteiger partial charge is 0.207 e. The van der Waals surface area contributed by atoms with E-state index in [1.807, 2.05) is 6.07 Å². The molecule has 0 amide bonds. The lowest BCUT2D eigenvalue weighted by Crippen LogP contribution is -2.27. The van der Waals surface area contributed by atoms with Gasteiger partial charge in [-0.15, -0.1) is 0 Å². The number of rotatable bonds is 4. The molecule has 1 unspecified atom stereocenters. The molecule has 0 bridgehead atoms. The molecular weight excluding hydrogens is 308 g/mol. The first-order valence-corrected chi connectivity index (χ1v) is 8.07. The molecule has 21 heavy (non-hydrogen) atoms. The van der Waals surface area contributed by atoms with Gasteiger partial charge in [0.05, 0.1) is 10.5 Å². The molecule has 0 aliphatic rings. The highest BCUT2D eigenvalue weighted by molar-refractivity contribution is 7.89. The second-order valence-corrected chi connectivity index (χ2v) is 6.56. The van der Waals surface area contributed by atoms with Crippen LogP contribution in [-0.4, -0.2) is 8.42 Å². The molecule has 108 valence electrons. The van der Waals surface area contributed by atoms with Crippen molar-refractivity contribution in [3.05, 3.63) is 64.7 Å². The van der Waals surface area contributed by atoms with Crippen molar-refractivity contribution in [3.8, 4) is 6.07 Å². The largest absolute Gasteiger partial charge is 0.242 e. The van der Waals surface area contributed by atoms with E-state index in [9.17, 15) is 8.42 Å². The fraction of sp³-hybridized carbons (Fsp3) is 0.133. The van der Waals surface area contributed by atoms with Crippen LogP contribution in [0, 0.1) is 11.3 Å². The number of benzene rings is 2. The molecule has 1 N–H and O–H groups in total. The van der Waals surface area contributed by atoms with Gasteiger partial charge in [0, 0.05) is 11.1 Å². The Morgan fingerprint density at radius 1 is 1.14 bits per heavy atom. The summed E-state index contributed by atoms with van der Waals surface area (Å²) in [7, 11) is -3.80. The van der Waals surface area contributed by atoms with E-state index in [1.165, 1.54) is 12.1 Å². The molecule has 0 aromatic heterocycles. The Bertz CT molecular complexity index is 797. The minimum Gasteiger partial charge on any atom is -0.207 e. The van der Waals surface area contributed by atoms with E-state index in [0.29, 0.717) is 10.6 Å². The predicted molar refractivity (Wildman–Crippen MR) is 81.3 cm³/mol. The van der Waals surface area contributed by atoms with Crippen molar-refractivity contribution in [2.75, 3.05) is 0 Å². The normalized spacial score (nSPS) is 12.6. The number of hydrogen-bond acceptors (Lipinski definition) is 3. The van der Waals surface area contributed by atoms with Crippen molar-refractivity contribution >= 4 is 21.6 Å². The molecule has 0 saturated carbocycles. The molecule has 0 spiro atoms. The van der Waals surface area contributed by atoms with Crippen LogP contribution in [0.25, 0.3) is 0 Å². The van der Waals surface area contributed by atoms with Gasteiger partial charge in [-0.1, -0.05) is 41.9 Å². The molecule has 4 nitrogen and oxygen atoms in total. The maximum Gasteiger partial charge on any atom is 0.242 e. The maximum atomic E-state index is 12.4. The van der Waals surface area contributed by atoms with Gasteiger partial charge in [-0.3, -0.25) is 0 Å². The number of nitriles is 1. The standard InChI is InChI=1S/C15H13ClN2O2S/c1-11(13-7-3-4-8-14(13)16)18-21(19,20)15-9-5-2-6-12(15)10-17/h2-9,11,18H,1H3. The first-order chi connectivity index (χ1) is 9.95. The third kappa shape index (κ3) is 3.42. The number of nitrogens with zero attached hydrogens (tertiary/aromatic N) is 1. The molecule has 2 aromatic rings. The van der Waals surface area contributed by atoms with Crippen LogP contribution in [0.4, 0.5) is 0 Å². The van der Waals surface area contributed by atoms with Gasteiger partial charge >= 0.3 is 0 Å². The molecule has 0 radical (unpaired) electrons. The summed E-state index contributed by atoms with van der Waals surface area (Å²) in [5.74, 6) is 0. The van der Waals surface area contributed by atoms with E-state index in [1.54, 1.807) is 43.3 Å². The summed E-state index contributed by atoms with van der Waals surface area (Å²) in [6.45, 7) is 1.70. The van der Waals surface area contributed by atoms with E-state index in [0.717, 1.165) is 0 Å². The van der Waals surface area contributed by atoms with Crippen molar-refractivity contribution in [3.63, 3.8) is 0 Å². The van der Waals surface area contributed by atoms with Gasteiger partial charge in [0.25, 0.3) is 0 Å². The third-order valence-electron chi connectivity index (χ3n) is 3.00. The van der Waals surface area contributed by atoms with Crippen molar-refractivity contribution in [1.82, 2.24) is 4.72 Å². The van der Waals surface area contributed by atoms with Crippen LogP contribution in [0.2, 0.25) is 5.02 Å². The van der Waals surface area contributed by atoms with E-state index in [2.05, 4.69) is 4.72 Å². The third-order valence-corrected chi connectivity index (χ3v) is 4.94. The first-order valence-electron chi connectivity index (χ1n) is 6.21. The molecule has 0 fully saturated rings. The molecular formula is C15H13ClN2O2S. The quantitative estimate of drug-likeness (QED) is 0.940. The fourth-order valence-electron chi connectivity index (χ4n) is 1.98. The molecule has 0 aliphatic carbocycles. The molecule has 2 aromatic carbocycles. The van der Waals surface area contributed by atoms with Crippen LogP contribution in [-0.2, 0) is 10.0 Å². The summed E-state index contributed by atoms with van der Waals surface area (Å²) in [5.41, 5.74) is 0.786. The van der Waals surface area contributed by atoms with Gasteiger partial charge < -0.3 is 0 Å². The minimum atomic E-state index is -3.80. The zero-order valence-electron chi connectivity index (χ0n) is 11.2. The Morgan fingerprint density at radius 2 is 1.76 bits per heavy atom. The van der Waals surface area contributed by atoms with Crippen molar-refractivity contribution in [1.29, 1.82) is 5.26 Å². The van der Waals surface area contributed by atoms with Crippen molar-refractivity contribution < 1.29 is 8.42 Å². The highest BCUT2D eigenvalue weighted by Gasteiger charge is 2.22. The van der Waals surface area contributed by atoms with Crippen LogP contribution in [0.3, 0.4) is 0 Å². The number of hydrogen-bond donors (Lipinski definition) is 1. The Balaban J connectivity index is 2.34. The topological polar surface area (TPSA) is 70.0 Å². The zero-order chi connectivity index (χ0) is 15.5. The first kappa shape index (κ1) is 15.5. The van der Waals surface area contributed by atoms with Gasteiger partial charge in [0.15, 0.2) is 0 Å². The van der Waals surface area contributed by atoms with Crippen LogP contribution in [0.15, 0.2) is 53.4 Å². The zero-order valence-corrected chi connectivity index (χ0v) is 12.8. The Kier molecular flexibility index (Phi) is 4.63. The maximum absolute atomic E-state index is 12.4. The minimum absolute atomic E-state index is 0.0357. The van der Waals surface area contributed by atoms with E-state index >= 15 is 0 Å². The number of sulfonamides is 1. The molecule has 0 saturated heterocycles. The van der Waals surface area contributed by atoms with E-state index < -0.39 is 16.1 Å². The average Bonchev–Trinajstić information content (AvgIpc) is 2.47. The summed E-state index contributed by atoms with van der Waals surface area (Å²) < 4.78 is 27.3. The van der Waals surface area contributed by atoms with Crippen LogP contribution < -0.4 is 4.72 Å². The van der Waals surface area contributed by atoms with E-state index in [4.69, 9.17) is 16.9 Å². The SMILES string of the molecule is CC(NS(=O)(=O)c1ccccc1C#N)c1ccccc1Cl. The summed E-state index contributed by atoms with van der Waals surface area (Å²) >= 11 is 6.07. The van der Waals surface area contributed by atoms with Gasteiger partial charge in [-0.2, -0.15) is 5.26 Å². The van der Waals surface area contributed by atoms with Crippen LogP contribution in [0.5, 0.6) is 0 Å². The van der Waals surface area contributed by atoms with Gasteiger partial charge in [-0.05, 0) is 30.7 Å². The second kappa shape index (κ2) is 6.27. The Labute approximate surface area is 129 Å². The molecule has 1 atom stereocenters. The molecule has 2 rings (SSSR count). The van der Waals surface area contributed by atoms with Gasteiger partial charge in [-0.25, -0.2) is 13.1 Å². The predicted octanol–water partition coefficient (Wildman–Crippen LogP) is 3.25. The van der Waals surface area contributed by atoms with Gasteiger partial charge in [0.2, 0.25) is 10.0 Å². The fourth-order valence-corrected chi connectivity index (χ4v) is 3.66. The average molecular weight is 321 g/mol. The molecule has 0 heterocycles. The number of nitrogens with one attached hydrogen (secondary N) is 1. The highest BCUT2D eigenvalue weighted by atomic mass is 35.5. The molecule has 6 heteroatoms. The van der Waals surface area contributed by atoms with Gasteiger partial charge in [0.1, 0.15) is 6.07 Å². The lowest BCUT2D eigenvalue weighted by molar-refractivity contribution is 0.566. The Morgan fingerprint density at radius 3 is 2.43 bits per heavy atom. The number of halogens is 1. The summed E-state index contributed by atoms with van der Waals surface area (Å²) in [6, 6.07) is 14.5. The van der Waals surface area contributed by atoms with Crippen LogP contribution in [0.1, 0.15) is 24.1 Å². The van der Waals surface area contributed by atoms with Crippen molar-refractivity contribution in [2.24, 2.45) is 0 Å². The summed E-state index contributed by atoms with van der Waals surface area (Å²) in [5, 5.41) is 9.50. The highest BCUT2D eigenvalue weighted by Crippen LogP contribution is 2.24. The lowest BCUT2D eigenvalue weighted by Gasteiger charge is -2.16. The Hall–Kier alpha value is -1.87. The second-order valence-electron chi connectivity index (χ2n) is 4.47. The summed E-state index contributed by atoms with van der Waals surface area (Å²) in [6.07, 6.45) is 0.